The summed E-state index contributed by atoms with van der Waals surface area (Å²) in [6.45, 7) is 18.3. The summed E-state index contributed by atoms with van der Waals surface area (Å²) < 4.78 is 1.53. The molecule has 0 nitrogen and oxygen atoms in total. The zero-order valence-electron chi connectivity index (χ0n) is 34.5. The minimum absolute atomic E-state index is 0.180. The molecule has 0 N–H and O–H groups in total. The summed E-state index contributed by atoms with van der Waals surface area (Å²) in [6, 6.07) is 65.6. The first kappa shape index (κ1) is 40.9. The molecule has 0 unspecified atom stereocenters. The Morgan fingerprint density at radius 1 is 0.446 bits per heavy atom. The van der Waals surface area contributed by atoms with E-state index in [1.807, 2.05) is 30.3 Å². The van der Waals surface area contributed by atoms with E-state index in [2.05, 4.69) is 207 Å². The molecule has 56 heavy (non-hydrogen) atoms. The summed E-state index contributed by atoms with van der Waals surface area (Å²) in [5.41, 5.74) is 11.5. The zero-order chi connectivity index (χ0) is 39.9. The Bertz CT molecular complexity index is 2180. The maximum Gasteiger partial charge on any atom is -0.172 e. The average molecular weight is 808 g/mol. The Morgan fingerprint density at radius 2 is 0.750 bits per heavy atom. The molecule has 0 saturated carbocycles. The number of benzene rings is 6. The van der Waals surface area contributed by atoms with Crippen LogP contribution in [0.15, 0.2) is 182 Å². The summed E-state index contributed by atoms with van der Waals surface area (Å²) in [6.07, 6.45) is 0. The van der Waals surface area contributed by atoms with Gasteiger partial charge >= 0.3 is 183 Å². The Hall–Kier alpha value is -4.71. The van der Waals surface area contributed by atoms with Gasteiger partial charge in [-0.3, -0.25) is 0 Å². The Kier molecular flexibility index (Phi) is 13.2. The number of rotatable bonds is 6. The average Bonchev–Trinajstić information content (AvgIpc) is 3.88. The van der Waals surface area contributed by atoms with Crippen molar-refractivity contribution < 1.29 is 24.2 Å². The molecule has 280 valence electrons. The molecule has 0 saturated heterocycles. The Balaban J connectivity index is 0.000000171. The maximum atomic E-state index is 2.43. The van der Waals surface area contributed by atoms with Crippen LogP contribution in [0.1, 0.15) is 97.9 Å². The fraction of sp³-hybridized carbons (Fsp3) is 0.218. The van der Waals surface area contributed by atoms with Gasteiger partial charge in [0.05, 0.1) is 0 Å². The van der Waals surface area contributed by atoms with Crippen molar-refractivity contribution >= 4 is 24.8 Å². The molecule has 1 heteroatoms. The van der Waals surface area contributed by atoms with Crippen LogP contribution in [-0.4, -0.2) is 3.21 Å². The monoisotopic (exact) mass is 806 g/mol. The molecule has 8 rings (SSSR count). The predicted molar refractivity (Wildman–Crippen MR) is 240 cm³/mol. The first-order chi connectivity index (χ1) is 26.8. The Morgan fingerprint density at radius 3 is 1.00 bits per heavy atom. The summed E-state index contributed by atoms with van der Waals surface area (Å²) in [4.78, 5) is 0. The zero-order valence-corrected chi connectivity index (χ0v) is 36.9. The fourth-order valence-electron chi connectivity index (χ4n) is 8.12. The van der Waals surface area contributed by atoms with E-state index < -0.39 is 0 Å². The smallest absolute Gasteiger partial charge is 0.172 e. The van der Waals surface area contributed by atoms with Gasteiger partial charge in [-0.1, -0.05) is 75.9 Å². The van der Waals surface area contributed by atoms with Crippen LogP contribution in [0.4, 0.5) is 0 Å². The van der Waals surface area contributed by atoms with Gasteiger partial charge in [-0.05, 0) is 24.7 Å². The van der Waals surface area contributed by atoms with Gasteiger partial charge in [-0.2, -0.15) is 18.2 Å². The van der Waals surface area contributed by atoms with E-state index in [1.54, 1.807) is 0 Å². The molecule has 0 heterocycles. The minimum atomic E-state index is 0.180. The van der Waals surface area contributed by atoms with E-state index in [9.17, 15) is 0 Å². The summed E-state index contributed by atoms with van der Waals surface area (Å²) in [7, 11) is 0. The SMILES string of the molecule is Cc1cc2[cH-]c3cc(C)c(C(C)(C)C)cc3c2cc1C(C)(C)C.[Zr+2]=[C](C(c1ccccc1)c1ccccc1)C(c1ccccc1)c1ccccc1.c1cc[cH-]c1. The molecule has 0 bridgehead atoms. The van der Waals surface area contributed by atoms with Crippen molar-refractivity contribution in [1.82, 2.24) is 0 Å². The molecule has 0 atom stereocenters. The number of hydrogen-bond acceptors (Lipinski definition) is 0. The molecule has 8 aromatic rings. The molecule has 0 aliphatic heterocycles. The molecule has 0 fully saturated rings. The first-order valence-electron chi connectivity index (χ1n) is 19.9. The van der Waals surface area contributed by atoms with Crippen molar-refractivity contribution in [2.45, 2.75) is 78.1 Å². The second-order valence-corrected chi connectivity index (χ2v) is 18.5. The number of fused-ring (bicyclic) bond motifs is 3. The van der Waals surface area contributed by atoms with Crippen LogP contribution >= 0.6 is 0 Å². The molecular formula is C55H56Zr. The third-order valence-corrected chi connectivity index (χ3v) is 12.1. The van der Waals surface area contributed by atoms with Crippen LogP contribution in [0.2, 0.25) is 0 Å². The van der Waals surface area contributed by atoms with Crippen molar-refractivity contribution in [2.75, 3.05) is 0 Å². The maximum absolute atomic E-state index is 2.43. The summed E-state index contributed by atoms with van der Waals surface area (Å²) in [5.74, 6) is 0.567. The molecule has 0 aliphatic carbocycles. The summed E-state index contributed by atoms with van der Waals surface area (Å²) in [5, 5.41) is 5.55. The minimum Gasteiger partial charge on any atom is -0.214 e. The van der Waals surface area contributed by atoms with Gasteiger partial charge in [0.1, 0.15) is 0 Å². The third-order valence-electron chi connectivity index (χ3n) is 10.7. The van der Waals surface area contributed by atoms with Crippen LogP contribution in [0.5, 0.6) is 0 Å². The molecule has 0 radical (unpaired) electrons. The van der Waals surface area contributed by atoms with E-state index in [1.165, 1.54) is 93.5 Å². The quantitative estimate of drug-likeness (QED) is 0.147. The van der Waals surface area contributed by atoms with Crippen molar-refractivity contribution in [3.05, 3.63) is 226 Å². The van der Waals surface area contributed by atoms with Gasteiger partial charge in [0.25, 0.3) is 0 Å². The van der Waals surface area contributed by atoms with Crippen LogP contribution in [0.3, 0.4) is 0 Å². The van der Waals surface area contributed by atoms with Crippen molar-refractivity contribution in [3.8, 4) is 0 Å². The van der Waals surface area contributed by atoms with Gasteiger partial charge < -0.3 is 0 Å². The molecule has 0 spiro atoms. The van der Waals surface area contributed by atoms with Crippen molar-refractivity contribution in [2.24, 2.45) is 0 Å². The number of hydrogen-bond donors (Lipinski definition) is 0. The van der Waals surface area contributed by atoms with Crippen molar-refractivity contribution in [3.63, 3.8) is 0 Å². The van der Waals surface area contributed by atoms with Gasteiger partial charge in [-0.25, -0.2) is 12.1 Å². The topological polar surface area (TPSA) is 0 Å². The molecule has 0 amide bonds. The van der Waals surface area contributed by atoms with Gasteiger partial charge in [0.15, 0.2) is 0 Å². The molecular weight excluding hydrogens is 752 g/mol. The van der Waals surface area contributed by atoms with Crippen LogP contribution < -0.4 is 0 Å². The van der Waals surface area contributed by atoms with E-state index >= 15 is 0 Å². The first-order valence-corrected chi connectivity index (χ1v) is 21.2. The van der Waals surface area contributed by atoms with Gasteiger partial charge in [0, 0.05) is 0 Å². The normalized spacial score (nSPS) is 11.6. The second kappa shape index (κ2) is 18.0. The fourth-order valence-corrected chi connectivity index (χ4v) is 9.76. The van der Waals surface area contributed by atoms with Crippen molar-refractivity contribution in [1.29, 1.82) is 0 Å². The molecule has 0 aliphatic rings. The number of aryl methyl sites for hydroxylation is 2. The predicted octanol–water partition coefficient (Wildman–Crippen LogP) is 14.7. The summed E-state index contributed by atoms with van der Waals surface area (Å²) >= 11 is 1.47. The van der Waals surface area contributed by atoms with Crippen LogP contribution in [0, 0.1) is 13.8 Å². The Labute approximate surface area is 351 Å². The van der Waals surface area contributed by atoms with Crippen LogP contribution in [0.25, 0.3) is 21.5 Å². The largest absolute Gasteiger partial charge is 0.214 e. The van der Waals surface area contributed by atoms with E-state index in [0.29, 0.717) is 0 Å². The van der Waals surface area contributed by atoms with Crippen LogP contribution in [-0.2, 0) is 35.1 Å². The standard InChI is InChI=1S/C27H22.C23H29.C5H5.Zr/c1-5-13-22(14-6-1)26(23-15-7-2-8-16-23)21-27(24-17-9-3-10-18-24)25-19-11-4-12-20-25;1-14-9-16-11-17-10-15(2)21(23(6,7)8)13-19(17)18(16)12-20(14)22(3,4)5;1-2-4-5-3-1;/h1-20,26-27H;9-13H,1-8H3;1-5H;/q;2*-1;+2. The van der Waals surface area contributed by atoms with E-state index in [4.69, 9.17) is 0 Å². The molecule has 0 aromatic heterocycles. The third kappa shape index (κ3) is 9.80. The van der Waals surface area contributed by atoms with Gasteiger partial charge in [0.2, 0.25) is 0 Å². The van der Waals surface area contributed by atoms with E-state index in [-0.39, 0.29) is 22.7 Å². The molecule has 8 aromatic carbocycles. The second-order valence-electron chi connectivity index (χ2n) is 17.1. The van der Waals surface area contributed by atoms with E-state index in [0.717, 1.165) is 0 Å². The van der Waals surface area contributed by atoms with Gasteiger partial charge in [-0.15, -0.1) is 39.7 Å².